The van der Waals surface area contributed by atoms with E-state index in [2.05, 4.69) is 0 Å². The molecule has 0 N–H and O–H groups in total. The average molecular weight is 372 g/mol. The molecular weight excluding hydrogens is 350 g/mol. The molecule has 1 amide bonds. The van der Waals surface area contributed by atoms with E-state index in [1.54, 1.807) is 4.90 Å². The summed E-state index contributed by atoms with van der Waals surface area (Å²) in [5.41, 5.74) is 0.814. The van der Waals surface area contributed by atoms with Crippen molar-refractivity contribution in [3.05, 3.63) is 35.9 Å². The first-order valence-electron chi connectivity index (χ1n) is 8.26. The molecule has 2 aliphatic rings. The van der Waals surface area contributed by atoms with Crippen molar-refractivity contribution < 1.29 is 17.9 Å². The van der Waals surface area contributed by atoms with Crippen LogP contribution in [0, 0.1) is 11.3 Å². The Labute approximate surface area is 147 Å². The molecular formula is C17H22ClNO4S. The summed E-state index contributed by atoms with van der Waals surface area (Å²) in [6.45, 7) is 1.19. The molecule has 5 nitrogen and oxygen atoms in total. The van der Waals surface area contributed by atoms with E-state index in [0.717, 1.165) is 31.2 Å². The summed E-state index contributed by atoms with van der Waals surface area (Å²) in [6.07, 6.45) is 3.68. The third-order valence-corrected chi connectivity index (χ3v) is 6.45. The van der Waals surface area contributed by atoms with Gasteiger partial charge in [-0.25, -0.2) is 13.2 Å². The number of halogens is 1. The summed E-state index contributed by atoms with van der Waals surface area (Å²) < 4.78 is 28.5. The van der Waals surface area contributed by atoms with Crippen molar-refractivity contribution in [2.24, 2.45) is 11.3 Å². The molecule has 1 aromatic rings. The van der Waals surface area contributed by atoms with E-state index in [-0.39, 0.29) is 29.8 Å². The fraction of sp³-hybridized carbons (Fsp3) is 0.588. The summed E-state index contributed by atoms with van der Waals surface area (Å²) in [4.78, 5) is 14.0. The van der Waals surface area contributed by atoms with Crippen LogP contribution in [0.5, 0.6) is 0 Å². The van der Waals surface area contributed by atoms with E-state index in [9.17, 15) is 13.2 Å². The van der Waals surface area contributed by atoms with E-state index >= 15 is 0 Å². The standard InChI is InChI=1S/C17H22ClNO4S/c18-24(21,22)12-15-10-19(13-17(15)8-4-5-9-17)16(20)23-11-14-6-2-1-3-7-14/h1-3,6-7,15H,4-5,8-13H2. The Kier molecular flexibility index (Phi) is 5.06. The van der Waals surface area contributed by atoms with Crippen LogP contribution in [0.2, 0.25) is 0 Å². The van der Waals surface area contributed by atoms with Gasteiger partial charge in [-0.15, -0.1) is 0 Å². The predicted molar refractivity (Wildman–Crippen MR) is 92.2 cm³/mol. The van der Waals surface area contributed by atoms with Crippen LogP contribution in [-0.2, 0) is 20.4 Å². The van der Waals surface area contributed by atoms with Gasteiger partial charge in [0.15, 0.2) is 0 Å². The van der Waals surface area contributed by atoms with E-state index in [0.29, 0.717) is 13.1 Å². The Morgan fingerprint density at radius 2 is 1.92 bits per heavy atom. The van der Waals surface area contributed by atoms with Gasteiger partial charge in [0.05, 0.1) is 5.75 Å². The Bertz CT molecular complexity index is 686. The first-order chi connectivity index (χ1) is 11.4. The van der Waals surface area contributed by atoms with E-state index in [1.807, 2.05) is 30.3 Å². The maximum absolute atomic E-state index is 12.4. The van der Waals surface area contributed by atoms with Gasteiger partial charge in [0, 0.05) is 23.8 Å². The number of hydrogen-bond donors (Lipinski definition) is 0. The van der Waals surface area contributed by atoms with Gasteiger partial charge in [0.1, 0.15) is 6.61 Å². The highest BCUT2D eigenvalue weighted by Crippen LogP contribution is 2.49. The number of rotatable bonds is 4. The first kappa shape index (κ1) is 17.5. The molecule has 2 fully saturated rings. The van der Waals surface area contributed by atoms with Crippen LogP contribution in [0.25, 0.3) is 0 Å². The Morgan fingerprint density at radius 3 is 2.54 bits per heavy atom. The maximum atomic E-state index is 12.4. The fourth-order valence-electron chi connectivity index (χ4n) is 4.10. The molecule has 1 aliphatic carbocycles. The molecule has 1 saturated heterocycles. The maximum Gasteiger partial charge on any atom is 0.410 e. The highest BCUT2D eigenvalue weighted by atomic mass is 35.7. The minimum atomic E-state index is -3.58. The summed E-state index contributed by atoms with van der Waals surface area (Å²) in [7, 11) is 1.90. The summed E-state index contributed by atoms with van der Waals surface area (Å²) in [5.74, 6) is -0.177. The second-order valence-corrected chi connectivity index (χ2v) is 9.71. The lowest BCUT2D eigenvalue weighted by atomic mass is 9.77. The minimum absolute atomic E-state index is 0.0724. The molecule has 1 aromatic carbocycles. The molecule has 0 bridgehead atoms. The number of nitrogens with zero attached hydrogens (tertiary/aromatic N) is 1. The van der Waals surface area contributed by atoms with Gasteiger partial charge in [-0.05, 0) is 29.7 Å². The van der Waals surface area contributed by atoms with Gasteiger partial charge >= 0.3 is 6.09 Å². The molecule has 24 heavy (non-hydrogen) atoms. The normalized spacial score (nSPS) is 22.9. The molecule has 0 aromatic heterocycles. The number of benzene rings is 1. The third kappa shape index (κ3) is 4.03. The van der Waals surface area contributed by atoms with E-state index in [4.69, 9.17) is 15.4 Å². The van der Waals surface area contributed by atoms with Crippen LogP contribution >= 0.6 is 10.7 Å². The van der Waals surface area contributed by atoms with Crippen molar-refractivity contribution in [2.75, 3.05) is 18.8 Å². The van der Waals surface area contributed by atoms with Gasteiger partial charge in [-0.1, -0.05) is 43.2 Å². The van der Waals surface area contributed by atoms with Crippen LogP contribution in [0.15, 0.2) is 30.3 Å². The Morgan fingerprint density at radius 1 is 1.25 bits per heavy atom. The molecule has 1 saturated carbocycles. The largest absolute Gasteiger partial charge is 0.445 e. The molecule has 1 aliphatic heterocycles. The smallest absolute Gasteiger partial charge is 0.410 e. The zero-order chi connectivity index (χ0) is 17.2. The van der Waals surface area contributed by atoms with Crippen molar-refractivity contribution in [3.63, 3.8) is 0 Å². The lowest BCUT2D eigenvalue weighted by Gasteiger charge is -2.28. The molecule has 1 heterocycles. The highest BCUT2D eigenvalue weighted by Gasteiger charge is 2.50. The molecule has 1 unspecified atom stereocenters. The quantitative estimate of drug-likeness (QED) is 0.761. The van der Waals surface area contributed by atoms with Gasteiger partial charge in [0.25, 0.3) is 0 Å². The number of carbonyl (C=O) groups excluding carboxylic acids is 1. The number of hydrogen-bond acceptors (Lipinski definition) is 4. The summed E-state index contributed by atoms with van der Waals surface area (Å²) in [5, 5.41) is 0. The number of amides is 1. The Hall–Kier alpha value is -1.27. The molecule has 7 heteroatoms. The van der Waals surface area contributed by atoms with Gasteiger partial charge in [-0.2, -0.15) is 0 Å². The van der Waals surface area contributed by atoms with Gasteiger partial charge in [-0.3, -0.25) is 0 Å². The van der Waals surface area contributed by atoms with Crippen LogP contribution in [0.4, 0.5) is 4.79 Å². The van der Waals surface area contributed by atoms with E-state index < -0.39 is 9.05 Å². The predicted octanol–water partition coefficient (Wildman–Crippen LogP) is 3.38. The molecule has 1 spiro atoms. The Balaban J connectivity index is 1.65. The second kappa shape index (κ2) is 6.92. The molecule has 3 rings (SSSR count). The van der Waals surface area contributed by atoms with Crippen LogP contribution in [0.1, 0.15) is 31.2 Å². The fourth-order valence-corrected chi connectivity index (χ4v) is 5.49. The second-order valence-electron chi connectivity index (χ2n) is 6.89. The summed E-state index contributed by atoms with van der Waals surface area (Å²) in [6, 6.07) is 9.51. The van der Waals surface area contributed by atoms with Crippen LogP contribution in [-0.4, -0.2) is 38.3 Å². The van der Waals surface area contributed by atoms with Crippen LogP contribution in [0.3, 0.4) is 0 Å². The van der Waals surface area contributed by atoms with Crippen molar-refractivity contribution in [1.82, 2.24) is 4.90 Å². The lowest BCUT2D eigenvalue weighted by Crippen LogP contribution is -2.32. The van der Waals surface area contributed by atoms with Crippen molar-refractivity contribution >= 4 is 25.8 Å². The molecule has 132 valence electrons. The number of ether oxygens (including phenoxy) is 1. The lowest BCUT2D eigenvalue weighted by molar-refractivity contribution is 0.0997. The van der Waals surface area contributed by atoms with Crippen molar-refractivity contribution in [3.8, 4) is 0 Å². The van der Waals surface area contributed by atoms with Crippen molar-refractivity contribution in [1.29, 1.82) is 0 Å². The average Bonchev–Trinajstić information content (AvgIpc) is 3.13. The first-order valence-corrected chi connectivity index (χ1v) is 10.7. The zero-order valence-electron chi connectivity index (χ0n) is 13.5. The highest BCUT2D eigenvalue weighted by molar-refractivity contribution is 8.13. The molecule has 1 atom stereocenters. The monoisotopic (exact) mass is 371 g/mol. The minimum Gasteiger partial charge on any atom is -0.445 e. The SMILES string of the molecule is O=C(OCc1ccccc1)N1CC(CS(=O)(=O)Cl)C2(CCCC2)C1. The third-order valence-electron chi connectivity index (χ3n) is 5.28. The number of likely N-dealkylation sites (tertiary alicyclic amines) is 1. The summed E-state index contributed by atoms with van der Waals surface area (Å²) >= 11 is 0. The van der Waals surface area contributed by atoms with E-state index in [1.165, 1.54) is 0 Å². The topological polar surface area (TPSA) is 63.7 Å². The zero-order valence-corrected chi connectivity index (χ0v) is 15.1. The van der Waals surface area contributed by atoms with Crippen LogP contribution < -0.4 is 0 Å². The number of carbonyl (C=O) groups is 1. The van der Waals surface area contributed by atoms with Crippen molar-refractivity contribution in [2.45, 2.75) is 32.3 Å². The van der Waals surface area contributed by atoms with Gasteiger partial charge in [0.2, 0.25) is 9.05 Å². The van der Waals surface area contributed by atoms with Gasteiger partial charge < -0.3 is 9.64 Å². The molecule has 0 radical (unpaired) electrons.